The van der Waals surface area contributed by atoms with Crippen molar-refractivity contribution in [3.63, 3.8) is 0 Å². The van der Waals surface area contributed by atoms with Crippen LogP contribution in [0.15, 0.2) is 60.7 Å². The van der Waals surface area contributed by atoms with Crippen LogP contribution in [0.3, 0.4) is 0 Å². The summed E-state index contributed by atoms with van der Waals surface area (Å²) < 4.78 is 30.5. The highest BCUT2D eigenvalue weighted by molar-refractivity contribution is 6.04. The van der Waals surface area contributed by atoms with Crippen molar-refractivity contribution in [1.29, 1.82) is 0 Å². The number of rotatable bonds is 6. The van der Waals surface area contributed by atoms with E-state index in [1.54, 1.807) is 66.4 Å². The molecule has 0 saturated carbocycles. The Hall–Kier alpha value is -4.07. The van der Waals surface area contributed by atoms with Crippen LogP contribution in [-0.4, -0.2) is 37.0 Å². The second kappa shape index (κ2) is 9.82. The van der Waals surface area contributed by atoms with E-state index in [1.807, 2.05) is 0 Å². The molecule has 0 saturated heterocycles. The van der Waals surface area contributed by atoms with Gasteiger partial charge in [-0.05, 0) is 49.4 Å². The average molecular weight is 464 g/mol. The zero-order valence-electron chi connectivity index (χ0n) is 19.1. The van der Waals surface area contributed by atoms with Crippen LogP contribution in [0.4, 0.5) is 10.1 Å². The van der Waals surface area contributed by atoms with E-state index >= 15 is 0 Å². The van der Waals surface area contributed by atoms with Crippen LogP contribution in [0.2, 0.25) is 0 Å². The lowest BCUT2D eigenvalue weighted by Gasteiger charge is -2.22. The van der Waals surface area contributed by atoms with Gasteiger partial charge in [-0.25, -0.2) is 4.39 Å². The standard InChI is InChI=1S/C26H25FN2O5/c1-16-26(31)29(14-18-6-4-5-7-21(18)27)15-19-12-20(9-11-22(19)34-16)28-25(30)17-8-10-23(32-2)24(13-17)33-3/h4-13,16H,14-15H2,1-3H3,(H,28,30)/t16-/m1/s1. The van der Waals surface area contributed by atoms with Crippen molar-refractivity contribution in [1.82, 2.24) is 4.90 Å². The summed E-state index contributed by atoms with van der Waals surface area (Å²) in [5, 5.41) is 2.86. The number of nitrogens with zero attached hydrogens (tertiary/aromatic N) is 1. The number of ether oxygens (including phenoxy) is 3. The van der Waals surface area contributed by atoms with Crippen molar-refractivity contribution in [3.05, 3.63) is 83.2 Å². The fraction of sp³-hybridized carbons (Fsp3) is 0.231. The maximum Gasteiger partial charge on any atom is 0.263 e. The highest BCUT2D eigenvalue weighted by Crippen LogP contribution is 2.31. The molecule has 1 atom stereocenters. The van der Waals surface area contributed by atoms with E-state index in [4.69, 9.17) is 14.2 Å². The molecule has 8 heteroatoms. The lowest BCUT2D eigenvalue weighted by Crippen LogP contribution is -2.37. The predicted molar refractivity (Wildman–Crippen MR) is 125 cm³/mol. The first-order chi connectivity index (χ1) is 16.4. The molecular weight excluding hydrogens is 439 g/mol. The molecule has 0 aliphatic carbocycles. The van der Waals surface area contributed by atoms with Gasteiger partial charge >= 0.3 is 0 Å². The lowest BCUT2D eigenvalue weighted by molar-refractivity contribution is -0.138. The maximum atomic E-state index is 14.2. The van der Waals surface area contributed by atoms with Gasteiger partial charge in [0.1, 0.15) is 11.6 Å². The van der Waals surface area contributed by atoms with Gasteiger partial charge in [-0.3, -0.25) is 9.59 Å². The van der Waals surface area contributed by atoms with Crippen LogP contribution >= 0.6 is 0 Å². The quantitative estimate of drug-likeness (QED) is 0.585. The molecule has 176 valence electrons. The Morgan fingerprint density at radius 1 is 1.09 bits per heavy atom. The minimum absolute atomic E-state index is 0.112. The van der Waals surface area contributed by atoms with Gasteiger partial charge in [0, 0.05) is 35.5 Å². The van der Waals surface area contributed by atoms with E-state index in [-0.39, 0.29) is 30.7 Å². The molecule has 3 aromatic rings. The van der Waals surface area contributed by atoms with E-state index in [0.29, 0.717) is 39.6 Å². The van der Waals surface area contributed by atoms with Crippen molar-refractivity contribution < 1.29 is 28.2 Å². The van der Waals surface area contributed by atoms with Crippen molar-refractivity contribution in [3.8, 4) is 17.2 Å². The summed E-state index contributed by atoms with van der Waals surface area (Å²) in [5.41, 5.74) is 2.06. The fourth-order valence-corrected chi connectivity index (χ4v) is 3.82. The monoisotopic (exact) mass is 464 g/mol. The minimum Gasteiger partial charge on any atom is -0.493 e. The summed E-state index contributed by atoms with van der Waals surface area (Å²) in [7, 11) is 3.03. The molecule has 1 N–H and O–H groups in total. The first-order valence-corrected chi connectivity index (χ1v) is 10.7. The van der Waals surface area contributed by atoms with E-state index in [1.165, 1.54) is 20.3 Å². The van der Waals surface area contributed by atoms with E-state index < -0.39 is 6.10 Å². The Balaban J connectivity index is 1.57. The number of fused-ring (bicyclic) bond motifs is 1. The molecule has 0 fully saturated rings. The summed E-state index contributed by atoms with van der Waals surface area (Å²) in [4.78, 5) is 27.2. The Bertz CT molecular complexity index is 1230. The van der Waals surface area contributed by atoms with Crippen LogP contribution in [0, 0.1) is 5.82 Å². The molecule has 1 aliphatic rings. The molecule has 0 unspecified atom stereocenters. The van der Waals surface area contributed by atoms with Crippen LogP contribution in [0.5, 0.6) is 17.2 Å². The minimum atomic E-state index is -0.722. The number of nitrogens with one attached hydrogen (secondary N) is 1. The third-order valence-corrected chi connectivity index (χ3v) is 5.61. The molecule has 2 amide bonds. The normalized spacial score (nSPS) is 15.1. The third kappa shape index (κ3) is 4.80. The number of hydrogen-bond acceptors (Lipinski definition) is 5. The first kappa shape index (κ1) is 23.1. The second-order valence-corrected chi connectivity index (χ2v) is 7.89. The van der Waals surface area contributed by atoms with Gasteiger partial charge in [0.15, 0.2) is 17.6 Å². The summed E-state index contributed by atoms with van der Waals surface area (Å²) >= 11 is 0. The topological polar surface area (TPSA) is 77.1 Å². The largest absolute Gasteiger partial charge is 0.493 e. The van der Waals surface area contributed by atoms with Crippen LogP contribution in [0.25, 0.3) is 0 Å². The van der Waals surface area contributed by atoms with Crippen LogP contribution < -0.4 is 19.5 Å². The Morgan fingerprint density at radius 3 is 2.59 bits per heavy atom. The number of halogens is 1. The molecular formula is C26H25FN2O5. The molecule has 0 aromatic heterocycles. The van der Waals surface area contributed by atoms with Gasteiger partial charge in [-0.2, -0.15) is 0 Å². The summed E-state index contributed by atoms with van der Waals surface area (Å²) in [6.07, 6.45) is -0.722. The Kier molecular flexibility index (Phi) is 6.67. The fourth-order valence-electron chi connectivity index (χ4n) is 3.82. The van der Waals surface area contributed by atoms with Gasteiger partial charge in [-0.1, -0.05) is 18.2 Å². The molecule has 1 aliphatic heterocycles. The van der Waals surface area contributed by atoms with Crippen molar-refractivity contribution in [2.45, 2.75) is 26.1 Å². The molecule has 1 heterocycles. The smallest absolute Gasteiger partial charge is 0.263 e. The van der Waals surface area contributed by atoms with Crippen LogP contribution in [-0.2, 0) is 17.9 Å². The zero-order chi connectivity index (χ0) is 24.2. The van der Waals surface area contributed by atoms with Gasteiger partial charge in [-0.15, -0.1) is 0 Å². The summed E-state index contributed by atoms with van der Waals surface area (Å²) in [5.74, 6) is 0.570. The summed E-state index contributed by atoms with van der Waals surface area (Å²) in [6.45, 7) is 1.99. The first-order valence-electron chi connectivity index (χ1n) is 10.7. The van der Waals surface area contributed by atoms with Crippen molar-refractivity contribution in [2.75, 3.05) is 19.5 Å². The molecule has 0 bridgehead atoms. The van der Waals surface area contributed by atoms with Crippen molar-refractivity contribution in [2.24, 2.45) is 0 Å². The number of carbonyl (C=O) groups excluding carboxylic acids is 2. The average Bonchev–Trinajstić information content (AvgIpc) is 2.96. The number of amides is 2. The zero-order valence-corrected chi connectivity index (χ0v) is 19.1. The number of anilines is 1. The summed E-state index contributed by atoms with van der Waals surface area (Å²) in [6, 6.07) is 16.4. The van der Waals surface area contributed by atoms with Gasteiger partial charge in [0.2, 0.25) is 0 Å². The molecule has 0 radical (unpaired) electrons. The molecule has 3 aromatic carbocycles. The van der Waals surface area contributed by atoms with Crippen LogP contribution in [0.1, 0.15) is 28.4 Å². The maximum absolute atomic E-state index is 14.2. The number of benzene rings is 3. The Morgan fingerprint density at radius 2 is 1.85 bits per heavy atom. The SMILES string of the molecule is COc1ccc(C(=O)Nc2ccc3c(c2)CN(Cc2ccccc2F)C(=O)[C@@H](C)O3)cc1OC. The van der Waals surface area contributed by atoms with Gasteiger partial charge in [0.05, 0.1) is 14.2 Å². The highest BCUT2D eigenvalue weighted by Gasteiger charge is 2.28. The third-order valence-electron chi connectivity index (χ3n) is 5.61. The molecule has 7 nitrogen and oxygen atoms in total. The second-order valence-electron chi connectivity index (χ2n) is 7.89. The Labute approximate surface area is 197 Å². The van der Waals surface area contributed by atoms with Crippen molar-refractivity contribution >= 4 is 17.5 Å². The lowest BCUT2D eigenvalue weighted by atomic mass is 10.1. The van der Waals surface area contributed by atoms with E-state index in [2.05, 4.69) is 5.32 Å². The predicted octanol–water partition coefficient (Wildman–Crippen LogP) is 4.40. The van der Waals surface area contributed by atoms with Gasteiger partial charge < -0.3 is 24.4 Å². The molecule has 0 spiro atoms. The van der Waals surface area contributed by atoms with Gasteiger partial charge in [0.25, 0.3) is 11.8 Å². The molecule has 34 heavy (non-hydrogen) atoms. The highest BCUT2D eigenvalue weighted by atomic mass is 19.1. The number of methoxy groups -OCH3 is 2. The number of hydrogen-bond donors (Lipinski definition) is 1. The van der Waals surface area contributed by atoms with E-state index in [9.17, 15) is 14.0 Å². The number of carbonyl (C=O) groups is 2. The van der Waals surface area contributed by atoms with E-state index in [0.717, 1.165) is 0 Å². The molecule has 4 rings (SSSR count).